The van der Waals surface area contributed by atoms with E-state index in [1.54, 1.807) is 0 Å². The van der Waals surface area contributed by atoms with Gasteiger partial charge < -0.3 is 5.11 Å². The Morgan fingerprint density at radius 3 is 2.26 bits per heavy atom. The molecule has 0 atom stereocenters. The van der Waals surface area contributed by atoms with Gasteiger partial charge in [0.1, 0.15) is 5.75 Å². The van der Waals surface area contributed by atoms with Gasteiger partial charge in [-0.15, -0.1) is 0 Å². The molecule has 1 saturated carbocycles. The van der Waals surface area contributed by atoms with Gasteiger partial charge in [0.05, 0.1) is 8.95 Å². The van der Waals surface area contributed by atoms with E-state index in [9.17, 15) is 5.11 Å². The minimum absolute atomic E-state index is 0.282. The zero-order valence-corrected chi connectivity index (χ0v) is 14.5. The van der Waals surface area contributed by atoms with Crippen LogP contribution in [-0.2, 0) is 6.54 Å². The smallest absolute Gasteiger partial charge is 0.143 e. The Labute approximate surface area is 132 Å². The van der Waals surface area contributed by atoms with E-state index in [0.717, 1.165) is 28.1 Å². The van der Waals surface area contributed by atoms with Crippen molar-refractivity contribution in [1.82, 2.24) is 4.90 Å². The van der Waals surface area contributed by atoms with Crippen LogP contribution in [0.2, 0.25) is 0 Å². The van der Waals surface area contributed by atoms with Crippen LogP contribution in [0, 0.1) is 0 Å². The van der Waals surface area contributed by atoms with Crippen molar-refractivity contribution in [3.8, 4) is 5.75 Å². The van der Waals surface area contributed by atoms with Crippen LogP contribution in [0.25, 0.3) is 0 Å². The predicted molar refractivity (Wildman–Crippen MR) is 86.5 cm³/mol. The lowest BCUT2D eigenvalue weighted by Crippen LogP contribution is -2.36. The van der Waals surface area contributed by atoms with Gasteiger partial charge in [-0.05, 0) is 68.9 Å². The molecule has 1 aliphatic carbocycles. The quantitative estimate of drug-likeness (QED) is 0.775. The minimum atomic E-state index is 0.282. The predicted octanol–water partition coefficient (Wildman–Crippen LogP) is 5.07. The van der Waals surface area contributed by atoms with Crippen molar-refractivity contribution in [3.63, 3.8) is 0 Å². The van der Waals surface area contributed by atoms with Crippen molar-refractivity contribution in [2.75, 3.05) is 6.54 Å². The zero-order chi connectivity index (χ0) is 13.8. The summed E-state index contributed by atoms with van der Waals surface area (Å²) < 4.78 is 1.52. The minimum Gasteiger partial charge on any atom is -0.506 e. The molecule has 0 amide bonds. The summed E-state index contributed by atoms with van der Waals surface area (Å²) in [4.78, 5) is 2.56. The molecule has 0 unspecified atom stereocenters. The van der Waals surface area contributed by atoms with Crippen molar-refractivity contribution in [3.05, 3.63) is 26.6 Å². The Morgan fingerprint density at radius 1 is 1.16 bits per heavy atom. The van der Waals surface area contributed by atoms with Crippen molar-refractivity contribution in [1.29, 1.82) is 0 Å². The highest BCUT2D eigenvalue weighted by Gasteiger charge is 2.20. The van der Waals surface area contributed by atoms with Crippen LogP contribution in [0.15, 0.2) is 21.1 Å². The monoisotopic (exact) mass is 389 g/mol. The maximum Gasteiger partial charge on any atom is 0.143 e. The maximum absolute atomic E-state index is 9.76. The number of phenols is 1. The average molecular weight is 391 g/mol. The molecule has 0 spiro atoms. The Balaban J connectivity index is 2.09. The van der Waals surface area contributed by atoms with Crippen LogP contribution in [-0.4, -0.2) is 22.6 Å². The molecule has 0 radical (unpaired) electrons. The molecule has 1 N–H and O–H groups in total. The Bertz CT molecular complexity index is 407. The summed E-state index contributed by atoms with van der Waals surface area (Å²) in [6.07, 6.45) is 6.78. The van der Waals surface area contributed by atoms with Crippen LogP contribution in [0.1, 0.15) is 44.6 Å². The summed E-state index contributed by atoms with van der Waals surface area (Å²) in [6, 6.07) is 4.77. The Hall–Kier alpha value is -0.0600. The van der Waals surface area contributed by atoms with Crippen LogP contribution in [0.4, 0.5) is 0 Å². The third-order valence-corrected chi connectivity index (χ3v) is 5.17. The molecule has 19 heavy (non-hydrogen) atoms. The number of phenolic OH excluding ortho intramolecular Hbond substituents is 1. The fraction of sp³-hybridized carbons (Fsp3) is 0.600. The van der Waals surface area contributed by atoms with Gasteiger partial charge in [0.25, 0.3) is 0 Å². The van der Waals surface area contributed by atoms with Gasteiger partial charge in [-0.2, -0.15) is 0 Å². The van der Waals surface area contributed by atoms with E-state index in [1.165, 1.54) is 37.7 Å². The molecular formula is C15H21Br2NO. The first-order valence-corrected chi connectivity index (χ1v) is 8.61. The topological polar surface area (TPSA) is 23.5 Å². The van der Waals surface area contributed by atoms with Crippen LogP contribution < -0.4 is 0 Å². The highest BCUT2D eigenvalue weighted by molar-refractivity contribution is 9.11. The van der Waals surface area contributed by atoms with Gasteiger partial charge in [0.15, 0.2) is 0 Å². The summed E-state index contributed by atoms with van der Waals surface area (Å²) in [5.74, 6) is 0.282. The molecule has 0 heterocycles. The molecule has 1 fully saturated rings. The number of aromatic hydroxyl groups is 1. The summed E-state index contributed by atoms with van der Waals surface area (Å²) in [5.41, 5.74) is 1.24. The largest absolute Gasteiger partial charge is 0.506 e. The standard InChI is InChI=1S/C15H21Br2NO/c1-2-18(12-6-4-3-5-7-12)10-11-8-13(16)15(19)14(17)9-11/h8-9,12,19H,2-7,10H2,1H3. The third kappa shape index (κ3) is 3.96. The molecule has 1 aromatic carbocycles. The summed E-state index contributed by atoms with van der Waals surface area (Å²) >= 11 is 6.81. The van der Waals surface area contributed by atoms with Gasteiger partial charge in [-0.1, -0.05) is 26.2 Å². The molecule has 1 aliphatic rings. The summed E-state index contributed by atoms with van der Waals surface area (Å²) in [5, 5.41) is 9.76. The maximum atomic E-state index is 9.76. The highest BCUT2D eigenvalue weighted by Crippen LogP contribution is 2.34. The molecule has 2 rings (SSSR count). The first-order valence-electron chi connectivity index (χ1n) is 7.02. The highest BCUT2D eigenvalue weighted by atomic mass is 79.9. The normalized spacial score (nSPS) is 17.1. The lowest BCUT2D eigenvalue weighted by Gasteiger charge is -2.33. The fourth-order valence-corrected chi connectivity index (χ4v) is 4.17. The molecule has 0 saturated heterocycles. The lowest BCUT2D eigenvalue weighted by molar-refractivity contribution is 0.156. The molecule has 4 heteroatoms. The molecule has 106 valence electrons. The molecule has 0 aliphatic heterocycles. The van der Waals surface area contributed by atoms with Crippen molar-refractivity contribution in [2.24, 2.45) is 0 Å². The second kappa shape index (κ2) is 7.09. The van der Waals surface area contributed by atoms with E-state index in [0.29, 0.717) is 0 Å². The number of benzene rings is 1. The van der Waals surface area contributed by atoms with E-state index in [1.807, 2.05) is 12.1 Å². The SMILES string of the molecule is CCN(Cc1cc(Br)c(O)c(Br)c1)C1CCCCC1. The number of rotatable bonds is 4. The molecule has 0 aromatic heterocycles. The van der Waals surface area contributed by atoms with E-state index in [4.69, 9.17) is 0 Å². The van der Waals surface area contributed by atoms with E-state index < -0.39 is 0 Å². The number of hydrogen-bond donors (Lipinski definition) is 1. The average Bonchev–Trinajstić information content (AvgIpc) is 2.43. The van der Waals surface area contributed by atoms with Crippen LogP contribution >= 0.6 is 31.9 Å². The molecule has 2 nitrogen and oxygen atoms in total. The second-order valence-electron chi connectivity index (χ2n) is 5.26. The first kappa shape index (κ1) is 15.3. The van der Waals surface area contributed by atoms with E-state index >= 15 is 0 Å². The fourth-order valence-electron chi connectivity index (χ4n) is 2.89. The first-order chi connectivity index (χ1) is 9.11. The van der Waals surface area contributed by atoms with Crippen LogP contribution in [0.3, 0.4) is 0 Å². The Morgan fingerprint density at radius 2 is 1.74 bits per heavy atom. The van der Waals surface area contributed by atoms with Gasteiger partial charge in [0.2, 0.25) is 0 Å². The van der Waals surface area contributed by atoms with Crippen molar-refractivity contribution in [2.45, 2.75) is 51.6 Å². The van der Waals surface area contributed by atoms with Crippen molar-refractivity contribution >= 4 is 31.9 Å². The van der Waals surface area contributed by atoms with Gasteiger partial charge in [-0.25, -0.2) is 0 Å². The van der Waals surface area contributed by atoms with Gasteiger partial charge in [0, 0.05) is 12.6 Å². The molecule has 0 bridgehead atoms. The second-order valence-corrected chi connectivity index (χ2v) is 6.97. The van der Waals surface area contributed by atoms with Crippen LogP contribution in [0.5, 0.6) is 5.75 Å². The number of hydrogen-bond acceptors (Lipinski definition) is 2. The van der Waals surface area contributed by atoms with Gasteiger partial charge >= 0.3 is 0 Å². The van der Waals surface area contributed by atoms with Gasteiger partial charge in [-0.3, -0.25) is 4.90 Å². The van der Waals surface area contributed by atoms with E-state index in [2.05, 4.69) is 43.7 Å². The zero-order valence-electron chi connectivity index (χ0n) is 11.3. The molecule has 1 aromatic rings. The van der Waals surface area contributed by atoms with E-state index in [-0.39, 0.29) is 5.75 Å². The summed E-state index contributed by atoms with van der Waals surface area (Å²) in [6.45, 7) is 4.28. The summed E-state index contributed by atoms with van der Waals surface area (Å²) in [7, 11) is 0. The number of halogens is 2. The molecular weight excluding hydrogens is 370 g/mol. The third-order valence-electron chi connectivity index (χ3n) is 3.96. The lowest BCUT2D eigenvalue weighted by atomic mass is 9.94. The number of nitrogens with zero attached hydrogens (tertiary/aromatic N) is 1. The van der Waals surface area contributed by atoms with Crippen molar-refractivity contribution < 1.29 is 5.11 Å². The Kier molecular flexibility index (Phi) is 5.72.